The molecule has 2 aliphatic carbocycles. The maximum Gasteiger partial charge on any atom is -1.00 e. The van der Waals surface area contributed by atoms with Gasteiger partial charge >= 0.3 is 178 Å². The predicted octanol–water partition coefficient (Wildman–Crippen LogP) is 1.41. The Morgan fingerprint density at radius 1 is 0.600 bits per heavy atom. The van der Waals surface area contributed by atoms with Crippen molar-refractivity contribution >= 4 is 18.3 Å². The van der Waals surface area contributed by atoms with Crippen molar-refractivity contribution in [3.63, 3.8) is 0 Å². The van der Waals surface area contributed by atoms with Gasteiger partial charge in [-0.2, -0.15) is 0 Å². The number of fused-ring (bicyclic) bond motifs is 2. The molecule has 0 spiro atoms. The molecular weight excluding hydrogens is 459 g/mol. The van der Waals surface area contributed by atoms with E-state index in [4.69, 9.17) is 0 Å². The number of benzene rings is 2. The van der Waals surface area contributed by atoms with Gasteiger partial charge in [-0.3, -0.25) is 0 Å². The Labute approximate surface area is 201 Å². The van der Waals surface area contributed by atoms with E-state index in [2.05, 4.69) is 91.1 Å². The smallest absolute Gasteiger partial charge is 1.00 e. The molecule has 0 aliphatic heterocycles. The normalized spacial score (nSPS) is 18.2. The molecule has 158 valence electrons. The van der Waals surface area contributed by atoms with E-state index in [0.29, 0.717) is 0 Å². The summed E-state index contributed by atoms with van der Waals surface area (Å²) >= 11 is -1.47. The summed E-state index contributed by atoms with van der Waals surface area (Å²) in [6.07, 6.45) is 4.65. The van der Waals surface area contributed by atoms with Crippen molar-refractivity contribution in [3.8, 4) is 0 Å². The number of rotatable bonds is 2. The maximum atomic E-state index is 2.60. The minimum absolute atomic E-state index is 0. The van der Waals surface area contributed by atoms with Crippen LogP contribution in [0.5, 0.6) is 0 Å². The number of halogens is 2. The van der Waals surface area contributed by atoms with Crippen molar-refractivity contribution in [2.75, 3.05) is 0 Å². The maximum absolute atomic E-state index is 2.60. The summed E-state index contributed by atoms with van der Waals surface area (Å²) in [4.78, 5) is 0. The predicted molar refractivity (Wildman–Crippen MR) is 122 cm³/mol. The molecule has 0 amide bonds. The molecule has 0 saturated heterocycles. The fourth-order valence-electron chi connectivity index (χ4n) is 5.19. The van der Waals surface area contributed by atoms with Gasteiger partial charge in [-0.25, -0.2) is 0 Å². The first-order valence-electron chi connectivity index (χ1n) is 10.4. The monoisotopic (exact) mass is 490 g/mol. The molecule has 0 radical (unpaired) electrons. The molecule has 0 saturated carbocycles. The Morgan fingerprint density at radius 3 is 1.27 bits per heavy atom. The van der Waals surface area contributed by atoms with Gasteiger partial charge in [-0.1, -0.05) is 0 Å². The molecule has 0 N–H and O–H groups in total. The van der Waals surface area contributed by atoms with E-state index < -0.39 is 16.6 Å². The minimum atomic E-state index is -1.47. The van der Waals surface area contributed by atoms with Crippen LogP contribution in [0, 0.1) is 27.7 Å². The molecule has 30 heavy (non-hydrogen) atoms. The van der Waals surface area contributed by atoms with Crippen LogP contribution in [0.2, 0.25) is 13.1 Å². The van der Waals surface area contributed by atoms with Gasteiger partial charge in [0, 0.05) is 0 Å². The van der Waals surface area contributed by atoms with E-state index in [0.717, 1.165) is 8.45 Å². The standard InChI is InChI=1S/2C12H13.C2H6Si.2ClH.Ti/c2*1-8-4-11-6-9(2)10(3)7-12(11)5-8;1-3-2;;;/h2*4-7H,1-3H3;1-2H3;2*1H;/q;;;;;+2/p-2. The van der Waals surface area contributed by atoms with Crippen LogP contribution in [0.15, 0.2) is 35.4 Å². The zero-order valence-corrected chi connectivity index (χ0v) is 23.4. The molecule has 2 unspecified atom stereocenters. The average Bonchev–Trinajstić information content (AvgIpc) is 3.07. The molecule has 2 atom stereocenters. The van der Waals surface area contributed by atoms with E-state index in [9.17, 15) is 0 Å². The summed E-state index contributed by atoms with van der Waals surface area (Å²) in [5.74, 6) is 0. The molecule has 2 aromatic carbocycles. The SMILES string of the molecule is CC1=Cc2cc(C)c(C)cc2[CH]1[Ti+2]([CH]1C(C)=Cc2cc(C)c(C)cc21)=[Si](C)C.[Cl-].[Cl-]. The first-order valence-corrected chi connectivity index (χ1v) is 17.1. The third kappa shape index (κ3) is 4.21. The second kappa shape index (κ2) is 9.51. The molecule has 0 fully saturated rings. The quantitative estimate of drug-likeness (QED) is 0.558. The fraction of sp³-hybridized carbons (Fsp3) is 0.385. The number of hydrogen-bond donors (Lipinski definition) is 0. The van der Waals surface area contributed by atoms with E-state index >= 15 is 0 Å². The third-order valence-electron chi connectivity index (χ3n) is 6.90. The van der Waals surface area contributed by atoms with E-state index in [1.807, 2.05) is 0 Å². The largest absolute Gasteiger partial charge is 1.00 e. The molecule has 4 rings (SSSR count). The van der Waals surface area contributed by atoms with Crippen LogP contribution in [0.1, 0.15) is 66.8 Å². The topological polar surface area (TPSA) is 0 Å². The Hall–Kier alpha value is -0.569. The Morgan fingerprint density at radius 2 is 0.933 bits per heavy atom. The van der Waals surface area contributed by atoms with Crippen LogP contribution in [-0.2, 0) is 16.6 Å². The van der Waals surface area contributed by atoms with Crippen LogP contribution in [-0.4, -0.2) is 6.19 Å². The number of allylic oxidation sites excluding steroid dienone is 2. The van der Waals surface area contributed by atoms with E-state index in [1.165, 1.54) is 33.4 Å². The number of aryl methyl sites for hydroxylation is 4. The van der Waals surface area contributed by atoms with Crippen molar-refractivity contribution in [2.24, 2.45) is 0 Å². The summed E-state index contributed by atoms with van der Waals surface area (Å²) < 4.78 is 1.44. The van der Waals surface area contributed by atoms with Crippen LogP contribution >= 0.6 is 0 Å². The van der Waals surface area contributed by atoms with Gasteiger partial charge in [0.1, 0.15) is 0 Å². The van der Waals surface area contributed by atoms with E-state index in [-0.39, 0.29) is 31.0 Å². The van der Waals surface area contributed by atoms with Crippen LogP contribution in [0.3, 0.4) is 0 Å². The summed E-state index contributed by atoms with van der Waals surface area (Å²) in [6, 6.07) is 9.91. The van der Waals surface area contributed by atoms with Crippen LogP contribution in [0.4, 0.5) is 0 Å². The zero-order chi connectivity index (χ0) is 20.3. The molecule has 0 aromatic heterocycles. The number of hydrogen-bond acceptors (Lipinski definition) is 0. The second-order valence-corrected chi connectivity index (χ2v) is 21.5. The minimum Gasteiger partial charge on any atom is -1.00 e. The Balaban J connectivity index is 0.00000160. The van der Waals surface area contributed by atoms with Gasteiger partial charge in [-0.15, -0.1) is 0 Å². The second-order valence-electron chi connectivity index (χ2n) is 9.23. The fourth-order valence-corrected chi connectivity index (χ4v) is 19.1. The molecular formula is C26H32Cl2SiTi. The van der Waals surface area contributed by atoms with E-state index in [1.54, 1.807) is 22.3 Å². The summed E-state index contributed by atoms with van der Waals surface area (Å²) in [5.41, 5.74) is 15.3. The molecule has 0 nitrogen and oxygen atoms in total. The molecule has 0 bridgehead atoms. The third-order valence-corrected chi connectivity index (χ3v) is 20.2. The molecule has 4 heteroatoms. The van der Waals surface area contributed by atoms with Gasteiger partial charge in [0.05, 0.1) is 0 Å². The van der Waals surface area contributed by atoms with Crippen molar-refractivity contribution in [2.45, 2.75) is 63.1 Å². The molecule has 0 heterocycles. The van der Waals surface area contributed by atoms with Gasteiger partial charge in [0.25, 0.3) is 0 Å². The van der Waals surface area contributed by atoms with Crippen LogP contribution < -0.4 is 24.8 Å². The molecule has 2 aliphatic rings. The molecule has 2 aromatic rings. The first kappa shape index (κ1) is 25.7. The van der Waals surface area contributed by atoms with Gasteiger partial charge in [-0.05, 0) is 0 Å². The Kier molecular flexibility index (Phi) is 8.14. The summed E-state index contributed by atoms with van der Waals surface area (Å²) in [7, 11) is 0. The van der Waals surface area contributed by atoms with Gasteiger partial charge in [0.15, 0.2) is 0 Å². The van der Waals surface area contributed by atoms with Crippen molar-refractivity contribution in [1.82, 2.24) is 0 Å². The Bertz CT molecular complexity index is 1020. The summed E-state index contributed by atoms with van der Waals surface area (Å²) in [5, 5.41) is 0. The van der Waals surface area contributed by atoms with Crippen LogP contribution in [0.25, 0.3) is 12.2 Å². The zero-order valence-electron chi connectivity index (χ0n) is 19.4. The van der Waals surface area contributed by atoms with Crippen molar-refractivity contribution < 1.29 is 41.4 Å². The average molecular weight is 491 g/mol. The van der Waals surface area contributed by atoms with Gasteiger partial charge in [0.2, 0.25) is 0 Å². The van der Waals surface area contributed by atoms with Crippen molar-refractivity contribution in [1.29, 1.82) is 0 Å². The van der Waals surface area contributed by atoms with Crippen molar-refractivity contribution in [3.05, 3.63) is 79.9 Å². The first-order chi connectivity index (χ1) is 13.2. The summed E-state index contributed by atoms with van der Waals surface area (Å²) in [6.45, 7) is 19.1. The van der Waals surface area contributed by atoms with Gasteiger partial charge < -0.3 is 24.8 Å².